The number of nitrogens with one attached hydrogen (secondary N) is 1. The van der Waals surface area contributed by atoms with E-state index in [1.807, 2.05) is 39.0 Å². The lowest BCUT2D eigenvalue weighted by Crippen LogP contribution is -2.09. The minimum absolute atomic E-state index is 0.117. The number of aryl methyl sites for hydroxylation is 2. The van der Waals surface area contributed by atoms with Crippen molar-refractivity contribution in [3.8, 4) is 5.75 Å². The highest BCUT2D eigenvalue weighted by Crippen LogP contribution is 2.33. The van der Waals surface area contributed by atoms with Gasteiger partial charge in [-0.2, -0.15) is 0 Å². The van der Waals surface area contributed by atoms with Crippen molar-refractivity contribution >= 4 is 11.4 Å². The molecule has 0 radical (unpaired) electrons. The van der Waals surface area contributed by atoms with Crippen molar-refractivity contribution in [1.29, 1.82) is 0 Å². The first-order valence-electron chi connectivity index (χ1n) is 6.87. The maximum absolute atomic E-state index is 6.13. The molecule has 1 unspecified atom stereocenters. The van der Waals surface area contributed by atoms with Crippen molar-refractivity contribution in [2.45, 2.75) is 33.7 Å². The third-order valence-corrected chi connectivity index (χ3v) is 3.28. The Morgan fingerprint density at radius 1 is 1.35 bits per heavy atom. The van der Waals surface area contributed by atoms with Crippen LogP contribution in [0.1, 0.15) is 37.0 Å². The van der Waals surface area contributed by atoms with Crippen molar-refractivity contribution < 1.29 is 9.15 Å². The van der Waals surface area contributed by atoms with Gasteiger partial charge in [0, 0.05) is 5.56 Å². The highest BCUT2D eigenvalue weighted by atomic mass is 16.5. The second-order valence-corrected chi connectivity index (χ2v) is 4.89. The highest BCUT2D eigenvalue weighted by Gasteiger charge is 2.14. The molecule has 1 heterocycles. The number of rotatable bonds is 5. The van der Waals surface area contributed by atoms with E-state index >= 15 is 0 Å². The molecule has 2 rings (SSSR count). The SMILES string of the molecule is CCOc1cccc(NC(C)c2cc(C)oc2C)c1N. The molecule has 108 valence electrons. The Labute approximate surface area is 119 Å². The Hall–Kier alpha value is -2.10. The van der Waals surface area contributed by atoms with E-state index in [-0.39, 0.29) is 6.04 Å². The van der Waals surface area contributed by atoms with E-state index < -0.39 is 0 Å². The van der Waals surface area contributed by atoms with Gasteiger partial charge in [0.15, 0.2) is 0 Å². The molecule has 0 saturated heterocycles. The zero-order valence-electron chi connectivity index (χ0n) is 12.5. The summed E-state index contributed by atoms with van der Waals surface area (Å²) < 4.78 is 11.1. The summed E-state index contributed by atoms with van der Waals surface area (Å²) in [5.41, 5.74) is 8.79. The molecular formula is C16H22N2O2. The number of anilines is 2. The fourth-order valence-corrected chi connectivity index (χ4v) is 2.34. The lowest BCUT2D eigenvalue weighted by molar-refractivity contribution is 0.342. The maximum atomic E-state index is 6.13. The largest absolute Gasteiger partial charge is 0.492 e. The molecule has 2 aromatic rings. The van der Waals surface area contributed by atoms with E-state index in [1.54, 1.807) is 0 Å². The molecule has 0 saturated carbocycles. The van der Waals surface area contributed by atoms with Gasteiger partial charge < -0.3 is 20.2 Å². The first-order valence-corrected chi connectivity index (χ1v) is 6.87. The Kier molecular flexibility index (Phi) is 4.23. The Balaban J connectivity index is 2.21. The van der Waals surface area contributed by atoms with Crippen LogP contribution in [-0.2, 0) is 0 Å². The van der Waals surface area contributed by atoms with E-state index in [1.165, 1.54) is 0 Å². The summed E-state index contributed by atoms with van der Waals surface area (Å²) in [5, 5.41) is 3.41. The van der Waals surface area contributed by atoms with Crippen LogP contribution in [0.2, 0.25) is 0 Å². The molecule has 0 aliphatic carbocycles. The van der Waals surface area contributed by atoms with E-state index in [0.717, 1.165) is 22.8 Å². The van der Waals surface area contributed by atoms with E-state index in [2.05, 4.69) is 18.3 Å². The number of benzene rings is 1. The Morgan fingerprint density at radius 2 is 2.10 bits per heavy atom. The van der Waals surface area contributed by atoms with E-state index in [9.17, 15) is 0 Å². The first kappa shape index (κ1) is 14.3. The van der Waals surface area contributed by atoms with Gasteiger partial charge in [0.2, 0.25) is 0 Å². The first-order chi connectivity index (χ1) is 9.52. The van der Waals surface area contributed by atoms with Crippen LogP contribution in [0.25, 0.3) is 0 Å². The van der Waals surface area contributed by atoms with Crippen LogP contribution in [-0.4, -0.2) is 6.61 Å². The van der Waals surface area contributed by atoms with Gasteiger partial charge in [-0.05, 0) is 45.9 Å². The van der Waals surface area contributed by atoms with Crippen molar-refractivity contribution in [2.24, 2.45) is 0 Å². The van der Waals surface area contributed by atoms with Crippen LogP contribution >= 0.6 is 0 Å². The number of ether oxygens (including phenoxy) is 1. The summed E-state index contributed by atoms with van der Waals surface area (Å²) in [7, 11) is 0. The molecule has 0 bridgehead atoms. The van der Waals surface area contributed by atoms with Crippen LogP contribution < -0.4 is 15.8 Å². The number of hydrogen-bond donors (Lipinski definition) is 2. The molecular weight excluding hydrogens is 252 g/mol. The number of hydrogen-bond acceptors (Lipinski definition) is 4. The summed E-state index contributed by atoms with van der Waals surface area (Å²) in [5.74, 6) is 2.56. The molecule has 0 fully saturated rings. The summed E-state index contributed by atoms with van der Waals surface area (Å²) in [6.45, 7) is 8.56. The minimum Gasteiger partial charge on any atom is -0.492 e. The molecule has 3 N–H and O–H groups in total. The topological polar surface area (TPSA) is 60.4 Å². The second kappa shape index (κ2) is 5.90. The van der Waals surface area contributed by atoms with Crippen molar-refractivity contribution in [3.05, 3.63) is 41.3 Å². The van der Waals surface area contributed by atoms with E-state index in [0.29, 0.717) is 18.0 Å². The van der Waals surface area contributed by atoms with E-state index in [4.69, 9.17) is 14.9 Å². The zero-order valence-corrected chi connectivity index (χ0v) is 12.5. The van der Waals surface area contributed by atoms with Gasteiger partial charge in [0.1, 0.15) is 17.3 Å². The van der Waals surface area contributed by atoms with Crippen LogP contribution in [0.4, 0.5) is 11.4 Å². The lowest BCUT2D eigenvalue weighted by Gasteiger charge is -2.18. The standard InChI is InChI=1S/C16H22N2O2/c1-5-19-15-8-6-7-14(16(15)17)18-11(3)13-9-10(2)20-12(13)4/h6-9,11,18H,5,17H2,1-4H3. The van der Waals surface area contributed by atoms with Gasteiger partial charge >= 0.3 is 0 Å². The smallest absolute Gasteiger partial charge is 0.144 e. The third-order valence-electron chi connectivity index (χ3n) is 3.28. The van der Waals surface area contributed by atoms with Crippen molar-refractivity contribution in [2.75, 3.05) is 17.7 Å². The van der Waals surface area contributed by atoms with Crippen LogP contribution in [0, 0.1) is 13.8 Å². The molecule has 1 atom stereocenters. The highest BCUT2D eigenvalue weighted by molar-refractivity contribution is 5.73. The summed E-state index contributed by atoms with van der Waals surface area (Å²) in [6, 6.07) is 7.93. The van der Waals surface area contributed by atoms with Crippen molar-refractivity contribution in [1.82, 2.24) is 0 Å². The number of nitrogen functional groups attached to an aromatic ring is 1. The van der Waals surface area contributed by atoms with Crippen LogP contribution in [0.15, 0.2) is 28.7 Å². The molecule has 0 spiro atoms. The monoisotopic (exact) mass is 274 g/mol. The van der Waals surface area contributed by atoms with Gasteiger partial charge in [0.05, 0.1) is 24.0 Å². The minimum atomic E-state index is 0.117. The average Bonchev–Trinajstić information content (AvgIpc) is 2.73. The van der Waals surface area contributed by atoms with Crippen LogP contribution in [0.3, 0.4) is 0 Å². The zero-order chi connectivity index (χ0) is 14.7. The molecule has 0 aliphatic heterocycles. The third kappa shape index (κ3) is 2.90. The average molecular weight is 274 g/mol. The Bertz CT molecular complexity index is 590. The fourth-order valence-electron chi connectivity index (χ4n) is 2.34. The van der Waals surface area contributed by atoms with Gasteiger partial charge in [0.25, 0.3) is 0 Å². The maximum Gasteiger partial charge on any atom is 0.144 e. The molecule has 1 aromatic heterocycles. The molecule has 0 amide bonds. The van der Waals surface area contributed by atoms with Gasteiger partial charge in [-0.15, -0.1) is 0 Å². The molecule has 4 nitrogen and oxygen atoms in total. The molecule has 0 aliphatic rings. The number of furan rings is 1. The summed E-state index contributed by atoms with van der Waals surface area (Å²) in [6.07, 6.45) is 0. The van der Waals surface area contributed by atoms with Gasteiger partial charge in [-0.25, -0.2) is 0 Å². The normalized spacial score (nSPS) is 12.2. The summed E-state index contributed by atoms with van der Waals surface area (Å²) in [4.78, 5) is 0. The number of nitrogens with two attached hydrogens (primary N) is 1. The lowest BCUT2D eigenvalue weighted by atomic mass is 10.1. The number of para-hydroxylation sites is 1. The van der Waals surface area contributed by atoms with Crippen LogP contribution in [0.5, 0.6) is 5.75 Å². The quantitative estimate of drug-likeness (QED) is 0.807. The second-order valence-electron chi connectivity index (χ2n) is 4.89. The van der Waals surface area contributed by atoms with Gasteiger partial charge in [-0.1, -0.05) is 6.07 Å². The van der Waals surface area contributed by atoms with Gasteiger partial charge in [-0.3, -0.25) is 0 Å². The molecule has 20 heavy (non-hydrogen) atoms. The van der Waals surface area contributed by atoms with Crippen molar-refractivity contribution in [3.63, 3.8) is 0 Å². The predicted molar refractivity (Wildman–Crippen MR) is 82.2 cm³/mol. The predicted octanol–water partition coefficient (Wildman–Crippen LogP) is 4.05. The fraction of sp³-hybridized carbons (Fsp3) is 0.375. The summed E-state index contributed by atoms with van der Waals surface area (Å²) >= 11 is 0. The molecule has 4 heteroatoms. The molecule has 1 aromatic carbocycles. The Morgan fingerprint density at radius 3 is 2.70 bits per heavy atom.